The maximum atomic E-state index is 12.3. The van der Waals surface area contributed by atoms with Crippen molar-refractivity contribution < 1.29 is 24.3 Å². The Balaban J connectivity index is 2.49. The molecule has 0 spiro atoms. The van der Waals surface area contributed by atoms with E-state index in [0.29, 0.717) is 11.6 Å². The van der Waals surface area contributed by atoms with Crippen molar-refractivity contribution in [3.8, 4) is 0 Å². The molecule has 26 heavy (non-hydrogen) atoms. The number of carboxylic acids is 1. The monoisotopic (exact) mass is 383 g/mol. The summed E-state index contributed by atoms with van der Waals surface area (Å²) in [4.78, 5) is 46.9. The Morgan fingerprint density at radius 3 is 2.23 bits per heavy atom. The number of carbonyl (C=O) groups excluding carboxylic acids is 3. The van der Waals surface area contributed by atoms with Gasteiger partial charge >= 0.3 is 5.97 Å². The average Bonchev–Trinajstić information content (AvgIpc) is 2.57. The molecule has 9 heteroatoms. The van der Waals surface area contributed by atoms with E-state index in [1.165, 1.54) is 11.8 Å². The molecule has 0 heterocycles. The largest absolute Gasteiger partial charge is 0.480 e. The molecule has 142 valence electrons. The van der Waals surface area contributed by atoms with Crippen molar-refractivity contribution in [1.29, 1.82) is 0 Å². The van der Waals surface area contributed by atoms with Crippen molar-refractivity contribution in [3.05, 3.63) is 34.9 Å². The van der Waals surface area contributed by atoms with Crippen LogP contribution in [-0.4, -0.2) is 53.3 Å². The van der Waals surface area contributed by atoms with Gasteiger partial charge in [-0.1, -0.05) is 23.7 Å². The first-order valence-electron chi connectivity index (χ1n) is 8.03. The maximum absolute atomic E-state index is 12.3. The second kappa shape index (κ2) is 11.1. The summed E-state index contributed by atoms with van der Waals surface area (Å²) < 4.78 is 0. The molecule has 0 aliphatic rings. The molecule has 0 saturated carbocycles. The van der Waals surface area contributed by atoms with Gasteiger partial charge < -0.3 is 20.6 Å². The van der Waals surface area contributed by atoms with Gasteiger partial charge in [-0.05, 0) is 17.7 Å². The Hall–Kier alpha value is -2.61. The average molecular weight is 384 g/mol. The van der Waals surface area contributed by atoms with Crippen molar-refractivity contribution in [3.63, 3.8) is 0 Å². The molecule has 1 aromatic carbocycles. The number of halogens is 1. The van der Waals surface area contributed by atoms with E-state index in [4.69, 9.17) is 16.7 Å². The van der Waals surface area contributed by atoms with Crippen molar-refractivity contribution in [2.45, 2.75) is 26.3 Å². The SMILES string of the molecule is CC(=O)NCCNC(=O)CCC(=O)N(CC(=O)O)Cc1ccc(Cl)cc1. The molecule has 0 aromatic heterocycles. The number of aliphatic carboxylic acids is 1. The molecule has 8 nitrogen and oxygen atoms in total. The van der Waals surface area contributed by atoms with Gasteiger partial charge in [0.15, 0.2) is 0 Å². The molecule has 0 aliphatic carbocycles. The molecule has 3 N–H and O–H groups in total. The number of hydrogen-bond donors (Lipinski definition) is 3. The van der Waals surface area contributed by atoms with Crippen LogP contribution in [0.4, 0.5) is 0 Å². The quantitative estimate of drug-likeness (QED) is 0.516. The minimum absolute atomic E-state index is 0.0599. The van der Waals surface area contributed by atoms with Gasteiger partial charge in [0.05, 0.1) is 0 Å². The zero-order valence-corrected chi connectivity index (χ0v) is 15.2. The summed E-state index contributed by atoms with van der Waals surface area (Å²) in [6, 6.07) is 6.73. The second-order valence-corrected chi connectivity index (χ2v) is 6.04. The Labute approximate surface area is 156 Å². The van der Waals surface area contributed by atoms with Crippen LogP contribution >= 0.6 is 11.6 Å². The van der Waals surface area contributed by atoms with Crippen LogP contribution in [0.3, 0.4) is 0 Å². The first kappa shape index (κ1) is 21.4. The summed E-state index contributed by atoms with van der Waals surface area (Å²) in [6.07, 6.45) is -0.164. The summed E-state index contributed by atoms with van der Waals surface area (Å²) in [7, 11) is 0. The predicted octanol–water partition coefficient (Wildman–Crippen LogP) is 0.786. The summed E-state index contributed by atoms with van der Waals surface area (Å²) in [5, 5.41) is 14.6. The Kier molecular flexibility index (Phi) is 9.14. The van der Waals surface area contributed by atoms with Crippen molar-refractivity contribution in [1.82, 2.24) is 15.5 Å². The third-order valence-electron chi connectivity index (χ3n) is 3.35. The molecular weight excluding hydrogens is 362 g/mol. The van der Waals surface area contributed by atoms with Gasteiger partial charge in [-0.2, -0.15) is 0 Å². The smallest absolute Gasteiger partial charge is 0.323 e. The van der Waals surface area contributed by atoms with Gasteiger partial charge in [-0.15, -0.1) is 0 Å². The molecule has 0 aliphatic heterocycles. The number of hydrogen-bond acceptors (Lipinski definition) is 4. The molecule has 1 aromatic rings. The zero-order valence-electron chi connectivity index (χ0n) is 14.5. The van der Waals surface area contributed by atoms with Gasteiger partial charge in [0.25, 0.3) is 0 Å². The van der Waals surface area contributed by atoms with E-state index in [0.717, 1.165) is 5.56 Å². The molecular formula is C17H22ClN3O5. The van der Waals surface area contributed by atoms with Crippen molar-refractivity contribution in [2.24, 2.45) is 0 Å². The van der Waals surface area contributed by atoms with Gasteiger partial charge in [0.2, 0.25) is 17.7 Å². The summed E-state index contributed by atoms with van der Waals surface area (Å²) >= 11 is 5.81. The van der Waals surface area contributed by atoms with E-state index >= 15 is 0 Å². The van der Waals surface area contributed by atoms with Crippen LogP contribution in [0.5, 0.6) is 0 Å². The van der Waals surface area contributed by atoms with Gasteiger partial charge in [-0.3, -0.25) is 19.2 Å². The highest BCUT2D eigenvalue weighted by molar-refractivity contribution is 6.30. The third-order valence-corrected chi connectivity index (χ3v) is 3.60. The van der Waals surface area contributed by atoms with Crippen LogP contribution in [0.2, 0.25) is 5.02 Å². The van der Waals surface area contributed by atoms with Crippen LogP contribution in [-0.2, 0) is 25.7 Å². The lowest BCUT2D eigenvalue weighted by atomic mass is 10.2. The topological polar surface area (TPSA) is 116 Å². The van der Waals surface area contributed by atoms with Crippen LogP contribution in [0.15, 0.2) is 24.3 Å². The molecule has 0 saturated heterocycles. The molecule has 0 fully saturated rings. The number of amides is 3. The minimum Gasteiger partial charge on any atom is -0.480 e. The van der Waals surface area contributed by atoms with Gasteiger partial charge in [0, 0.05) is 44.4 Å². The van der Waals surface area contributed by atoms with E-state index in [-0.39, 0.29) is 37.7 Å². The number of nitrogens with one attached hydrogen (secondary N) is 2. The fraction of sp³-hybridized carbons (Fsp3) is 0.412. The number of nitrogens with zero attached hydrogens (tertiary/aromatic N) is 1. The van der Waals surface area contributed by atoms with Crippen molar-refractivity contribution in [2.75, 3.05) is 19.6 Å². The maximum Gasteiger partial charge on any atom is 0.323 e. The number of benzene rings is 1. The van der Waals surface area contributed by atoms with E-state index < -0.39 is 18.4 Å². The standard InChI is InChI=1S/C17H22ClN3O5/c1-12(22)19-8-9-20-15(23)6-7-16(24)21(11-17(25)26)10-13-2-4-14(18)5-3-13/h2-5H,6-11H2,1H3,(H,19,22)(H,20,23)(H,25,26). The first-order chi connectivity index (χ1) is 12.3. The number of carboxylic acid groups (broad SMARTS) is 1. The second-order valence-electron chi connectivity index (χ2n) is 5.60. The summed E-state index contributed by atoms with van der Waals surface area (Å²) in [5.41, 5.74) is 0.740. The fourth-order valence-corrected chi connectivity index (χ4v) is 2.24. The van der Waals surface area contributed by atoms with E-state index in [1.807, 2.05) is 0 Å². The lowest BCUT2D eigenvalue weighted by Gasteiger charge is -2.21. The summed E-state index contributed by atoms with van der Waals surface area (Å²) in [6.45, 7) is 1.60. The van der Waals surface area contributed by atoms with Crippen LogP contribution in [0.1, 0.15) is 25.3 Å². The van der Waals surface area contributed by atoms with E-state index in [9.17, 15) is 19.2 Å². The van der Waals surface area contributed by atoms with Gasteiger partial charge in [0.1, 0.15) is 6.54 Å². The highest BCUT2D eigenvalue weighted by Crippen LogP contribution is 2.12. The van der Waals surface area contributed by atoms with E-state index in [2.05, 4.69) is 10.6 Å². The normalized spacial score (nSPS) is 10.1. The molecule has 0 atom stereocenters. The molecule has 0 unspecified atom stereocenters. The highest BCUT2D eigenvalue weighted by atomic mass is 35.5. The Morgan fingerprint density at radius 1 is 1.04 bits per heavy atom. The Morgan fingerprint density at radius 2 is 1.65 bits per heavy atom. The fourth-order valence-electron chi connectivity index (χ4n) is 2.11. The third kappa shape index (κ3) is 9.03. The predicted molar refractivity (Wildman–Crippen MR) is 95.4 cm³/mol. The highest BCUT2D eigenvalue weighted by Gasteiger charge is 2.18. The molecule has 0 bridgehead atoms. The molecule has 0 radical (unpaired) electrons. The summed E-state index contributed by atoms with van der Waals surface area (Å²) in [5.74, 6) is -2.10. The van der Waals surface area contributed by atoms with Crippen LogP contribution < -0.4 is 10.6 Å². The minimum atomic E-state index is -1.13. The molecule has 1 rings (SSSR count). The lowest BCUT2D eigenvalue weighted by molar-refractivity contribution is -0.145. The van der Waals surface area contributed by atoms with Crippen molar-refractivity contribution >= 4 is 35.3 Å². The van der Waals surface area contributed by atoms with E-state index in [1.54, 1.807) is 24.3 Å². The van der Waals surface area contributed by atoms with Gasteiger partial charge in [-0.25, -0.2) is 0 Å². The lowest BCUT2D eigenvalue weighted by Crippen LogP contribution is -2.37. The Bertz CT molecular complexity index is 648. The van der Waals surface area contributed by atoms with Crippen LogP contribution in [0, 0.1) is 0 Å². The van der Waals surface area contributed by atoms with Crippen LogP contribution in [0.25, 0.3) is 0 Å². The molecule has 3 amide bonds. The number of carbonyl (C=O) groups is 4. The first-order valence-corrected chi connectivity index (χ1v) is 8.41. The number of rotatable bonds is 10. The zero-order chi connectivity index (χ0) is 19.5.